The number of carbonyl (C=O) groups is 1. The number of rotatable bonds is 6. The third kappa shape index (κ3) is 5.61. The number of thiophene rings is 1. The van der Waals surface area contributed by atoms with Crippen molar-refractivity contribution in [3.8, 4) is 0 Å². The summed E-state index contributed by atoms with van der Waals surface area (Å²) in [6.45, 7) is 12.3. The molecule has 0 saturated carbocycles. The number of aromatic nitrogens is 2. The van der Waals surface area contributed by atoms with E-state index in [0.29, 0.717) is 35.5 Å². The predicted molar refractivity (Wildman–Crippen MR) is 154 cm³/mol. The third-order valence-corrected chi connectivity index (χ3v) is 10.1. The molecule has 3 aromatic rings. The second-order valence-corrected chi connectivity index (χ2v) is 12.6. The Morgan fingerprint density at radius 2 is 1.89 bits per heavy atom. The summed E-state index contributed by atoms with van der Waals surface area (Å²) in [6.07, 6.45) is 5.86. The van der Waals surface area contributed by atoms with Gasteiger partial charge < -0.3 is 9.88 Å². The van der Waals surface area contributed by atoms with E-state index in [-0.39, 0.29) is 11.5 Å². The quantitative estimate of drug-likeness (QED) is 0.406. The van der Waals surface area contributed by atoms with Crippen LogP contribution in [0.2, 0.25) is 5.02 Å². The summed E-state index contributed by atoms with van der Waals surface area (Å²) in [5.41, 5.74) is 5.49. The van der Waals surface area contributed by atoms with Crippen LogP contribution in [0.5, 0.6) is 0 Å². The van der Waals surface area contributed by atoms with Gasteiger partial charge in [0.25, 0.3) is 11.5 Å². The number of nitrogens with one attached hydrogen (secondary N) is 1. The number of pyridine rings is 2. The van der Waals surface area contributed by atoms with Crippen LogP contribution in [0.4, 0.5) is 0 Å². The number of nitrogens with zero attached hydrogens (tertiary/aromatic N) is 3. The Morgan fingerprint density at radius 1 is 1.13 bits per heavy atom. The summed E-state index contributed by atoms with van der Waals surface area (Å²) in [5.74, 6) is 1.10. The largest absolute Gasteiger partial charge is 0.334 e. The molecule has 3 aromatic heterocycles. The lowest BCUT2D eigenvalue weighted by Gasteiger charge is -2.34. The normalized spacial score (nSPS) is 17.9. The molecule has 1 saturated heterocycles. The Balaban J connectivity index is 1.28. The van der Waals surface area contributed by atoms with E-state index in [1.54, 1.807) is 6.20 Å². The van der Waals surface area contributed by atoms with Crippen molar-refractivity contribution in [2.45, 2.75) is 72.4 Å². The number of aryl methyl sites for hydroxylation is 3. The van der Waals surface area contributed by atoms with Crippen LogP contribution in [0.1, 0.15) is 80.3 Å². The lowest BCUT2D eigenvalue weighted by Crippen LogP contribution is -2.35. The Hall–Kier alpha value is -2.48. The summed E-state index contributed by atoms with van der Waals surface area (Å²) in [7, 11) is 0. The molecule has 0 spiro atoms. The highest BCUT2D eigenvalue weighted by atomic mass is 35.5. The van der Waals surface area contributed by atoms with Crippen LogP contribution >= 0.6 is 22.9 Å². The number of carbonyl (C=O) groups excluding carboxylic acids is 1. The van der Waals surface area contributed by atoms with E-state index < -0.39 is 0 Å². The van der Waals surface area contributed by atoms with Crippen molar-refractivity contribution in [1.29, 1.82) is 0 Å². The third-order valence-electron chi connectivity index (χ3n) is 8.36. The fourth-order valence-electron chi connectivity index (χ4n) is 6.15. The second kappa shape index (κ2) is 11.3. The van der Waals surface area contributed by atoms with Crippen molar-refractivity contribution in [2.24, 2.45) is 5.92 Å². The van der Waals surface area contributed by atoms with Gasteiger partial charge in [0, 0.05) is 40.3 Å². The molecule has 5 heterocycles. The molecule has 6 nitrogen and oxygen atoms in total. The van der Waals surface area contributed by atoms with Gasteiger partial charge in [-0.3, -0.25) is 19.5 Å². The van der Waals surface area contributed by atoms with Crippen molar-refractivity contribution >= 4 is 28.8 Å². The first-order valence-electron chi connectivity index (χ1n) is 13.6. The predicted octanol–water partition coefficient (Wildman–Crippen LogP) is 6.01. The summed E-state index contributed by atoms with van der Waals surface area (Å²) < 4.78 is 0. The van der Waals surface area contributed by atoms with E-state index in [4.69, 9.17) is 11.6 Å². The van der Waals surface area contributed by atoms with E-state index >= 15 is 0 Å². The van der Waals surface area contributed by atoms with Gasteiger partial charge in [0.2, 0.25) is 0 Å². The molecule has 1 amide bonds. The summed E-state index contributed by atoms with van der Waals surface area (Å²) in [5, 5.41) is 0.673. The number of fused-ring (bicyclic) bond motifs is 1. The van der Waals surface area contributed by atoms with E-state index in [1.807, 2.05) is 48.3 Å². The first-order valence-corrected chi connectivity index (χ1v) is 14.8. The Bertz CT molecular complexity index is 1370. The zero-order chi connectivity index (χ0) is 27.0. The van der Waals surface area contributed by atoms with Crippen LogP contribution < -0.4 is 5.56 Å². The minimum atomic E-state index is -0.0886. The molecule has 0 aliphatic carbocycles. The minimum Gasteiger partial charge on any atom is -0.334 e. The SMILES string of the molecule is Cc1cc(C)c(CN2CCCc3sc([C@H](C)C4CCN(Cc5ccc(Cl)cn5)CC4)c(C)c3C2=O)c(=O)[nH]1. The molecule has 5 rings (SSSR count). The van der Waals surface area contributed by atoms with Crippen LogP contribution in [0.25, 0.3) is 0 Å². The molecule has 0 unspecified atom stereocenters. The van der Waals surface area contributed by atoms with Crippen molar-refractivity contribution in [1.82, 2.24) is 19.8 Å². The Morgan fingerprint density at radius 3 is 2.58 bits per heavy atom. The van der Waals surface area contributed by atoms with E-state index in [1.165, 1.54) is 9.75 Å². The molecule has 2 aliphatic rings. The lowest BCUT2D eigenvalue weighted by atomic mass is 9.83. The molecule has 202 valence electrons. The highest BCUT2D eigenvalue weighted by molar-refractivity contribution is 7.12. The molecule has 0 bridgehead atoms. The van der Waals surface area contributed by atoms with Gasteiger partial charge in [-0.2, -0.15) is 0 Å². The zero-order valence-electron chi connectivity index (χ0n) is 22.8. The molecule has 38 heavy (non-hydrogen) atoms. The molecule has 0 aromatic carbocycles. The number of hydrogen-bond acceptors (Lipinski definition) is 5. The number of piperidine rings is 1. The van der Waals surface area contributed by atoms with E-state index in [2.05, 4.69) is 28.7 Å². The Labute approximate surface area is 234 Å². The smallest absolute Gasteiger partial charge is 0.255 e. The fraction of sp³-hybridized carbons (Fsp3) is 0.500. The maximum absolute atomic E-state index is 13.8. The van der Waals surface area contributed by atoms with Gasteiger partial charge in [0.15, 0.2) is 0 Å². The fourth-order valence-corrected chi connectivity index (χ4v) is 7.75. The van der Waals surface area contributed by atoms with Gasteiger partial charge in [0.05, 0.1) is 22.8 Å². The number of hydrogen-bond donors (Lipinski definition) is 1. The van der Waals surface area contributed by atoms with Crippen LogP contribution in [0, 0.1) is 26.7 Å². The molecule has 1 fully saturated rings. The van der Waals surface area contributed by atoms with Gasteiger partial charge in [-0.1, -0.05) is 18.5 Å². The number of H-pyrrole nitrogens is 1. The van der Waals surface area contributed by atoms with Gasteiger partial charge in [-0.15, -0.1) is 11.3 Å². The molecular weight excluding hydrogens is 516 g/mol. The number of likely N-dealkylation sites (tertiary alicyclic amines) is 1. The van der Waals surface area contributed by atoms with Gasteiger partial charge >= 0.3 is 0 Å². The van der Waals surface area contributed by atoms with Crippen LogP contribution in [-0.2, 0) is 19.5 Å². The summed E-state index contributed by atoms with van der Waals surface area (Å²) >= 11 is 7.83. The number of amides is 1. The minimum absolute atomic E-state index is 0.0781. The van der Waals surface area contributed by atoms with Crippen LogP contribution in [-0.4, -0.2) is 45.3 Å². The number of halogens is 1. The average Bonchev–Trinajstić information content (AvgIpc) is 3.12. The maximum atomic E-state index is 13.8. The van der Waals surface area contributed by atoms with Gasteiger partial charge in [-0.05, 0) is 101 Å². The van der Waals surface area contributed by atoms with Crippen molar-refractivity contribution in [2.75, 3.05) is 19.6 Å². The standard InChI is InChI=1S/C30H37ClN4O2S/c1-18-14-19(2)33-29(36)25(18)17-35-11-5-6-26-27(30(35)37)21(4)28(38-26)20(3)22-9-12-34(13-10-22)16-24-8-7-23(31)15-32-24/h7-8,14-15,20,22H,5-6,9-13,16-17H2,1-4H3,(H,33,36)/t20-/m1/s1. The zero-order valence-corrected chi connectivity index (χ0v) is 24.3. The topological polar surface area (TPSA) is 69.3 Å². The maximum Gasteiger partial charge on any atom is 0.255 e. The summed E-state index contributed by atoms with van der Waals surface area (Å²) in [4.78, 5) is 40.8. The van der Waals surface area contributed by atoms with Crippen molar-refractivity contribution in [3.05, 3.63) is 83.2 Å². The second-order valence-electron chi connectivity index (χ2n) is 11.0. The highest BCUT2D eigenvalue weighted by Crippen LogP contribution is 2.42. The van der Waals surface area contributed by atoms with E-state index in [9.17, 15) is 9.59 Å². The molecule has 0 radical (unpaired) electrons. The average molecular weight is 553 g/mol. The molecule has 1 atom stereocenters. The van der Waals surface area contributed by atoms with Gasteiger partial charge in [0.1, 0.15) is 0 Å². The van der Waals surface area contributed by atoms with Crippen molar-refractivity contribution < 1.29 is 4.79 Å². The van der Waals surface area contributed by atoms with Crippen molar-refractivity contribution in [3.63, 3.8) is 0 Å². The van der Waals surface area contributed by atoms with Crippen LogP contribution in [0.3, 0.4) is 0 Å². The lowest BCUT2D eigenvalue weighted by molar-refractivity contribution is 0.0747. The van der Waals surface area contributed by atoms with E-state index in [0.717, 1.165) is 73.4 Å². The summed E-state index contributed by atoms with van der Waals surface area (Å²) in [6, 6.07) is 5.90. The van der Waals surface area contributed by atoms with Crippen LogP contribution in [0.15, 0.2) is 29.2 Å². The molecule has 1 N–H and O–H groups in total. The Kier molecular flexibility index (Phi) is 8.08. The number of aromatic amines is 1. The highest BCUT2D eigenvalue weighted by Gasteiger charge is 2.33. The van der Waals surface area contributed by atoms with Gasteiger partial charge in [-0.25, -0.2) is 0 Å². The molecular formula is C30H37ClN4O2S. The first-order chi connectivity index (χ1) is 18.2. The first kappa shape index (κ1) is 27.1. The monoisotopic (exact) mass is 552 g/mol. The molecule has 8 heteroatoms. The molecule has 2 aliphatic heterocycles.